The maximum atomic E-state index is 12.1. The first-order chi connectivity index (χ1) is 15.2. The molecule has 0 aliphatic carbocycles. The van der Waals surface area contributed by atoms with E-state index in [-0.39, 0.29) is 5.97 Å². The first-order valence-corrected chi connectivity index (χ1v) is 11.7. The van der Waals surface area contributed by atoms with E-state index in [1.165, 1.54) is 22.2 Å². The average molecular weight is 429 g/mol. The third-order valence-electron chi connectivity index (χ3n) is 7.11. The summed E-state index contributed by atoms with van der Waals surface area (Å²) in [5.41, 5.74) is 4.17. The fourth-order valence-electron chi connectivity index (χ4n) is 5.58. The number of aromatic nitrogens is 1. The van der Waals surface area contributed by atoms with Crippen LogP contribution < -0.4 is 0 Å². The number of H-pyrrole nitrogens is 1. The molecule has 4 rings (SSSR count). The Balaban J connectivity index is 1.44. The highest BCUT2D eigenvalue weighted by Crippen LogP contribution is 2.37. The van der Waals surface area contributed by atoms with E-state index in [1.54, 1.807) is 14.2 Å². The van der Waals surface area contributed by atoms with Crippen LogP contribution in [0, 0.1) is 11.8 Å². The lowest BCUT2D eigenvalue weighted by molar-refractivity contribution is -0.145. The lowest BCUT2D eigenvalue weighted by Gasteiger charge is -2.44. The Kier molecular flexibility index (Phi) is 7.64. The minimum Gasteiger partial charge on any atom is -0.463 e. The quantitative estimate of drug-likeness (QED) is 0.489. The highest BCUT2D eigenvalue weighted by Gasteiger charge is 2.38. The Morgan fingerprint density at radius 2 is 1.97 bits per heavy atom. The molecule has 1 N–H and O–H groups in total. The maximum Gasteiger partial charge on any atom is 0.305 e. The number of nitrogens with one attached hydrogen (secondary N) is 1. The number of rotatable bonds is 9. The van der Waals surface area contributed by atoms with Crippen LogP contribution >= 0.6 is 0 Å². The molecule has 2 aliphatic rings. The fourth-order valence-corrected chi connectivity index (χ4v) is 5.58. The van der Waals surface area contributed by atoms with Crippen molar-refractivity contribution in [2.24, 2.45) is 11.8 Å². The van der Waals surface area contributed by atoms with Gasteiger partial charge in [0.15, 0.2) is 0 Å². The number of para-hydroxylation sites is 1. The third kappa shape index (κ3) is 5.30. The van der Waals surface area contributed by atoms with Crippen LogP contribution in [0.3, 0.4) is 0 Å². The van der Waals surface area contributed by atoms with Crippen molar-refractivity contribution in [1.29, 1.82) is 0 Å². The number of aromatic amines is 1. The van der Waals surface area contributed by atoms with Crippen LogP contribution in [0.5, 0.6) is 0 Å². The van der Waals surface area contributed by atoms with E-state index < -0.39 is 0 Å². The molecule has 0 saturated carbocycles. The van der Waals surface area contributed by atoms with E-state index in [2.05, 4.69) is 34.1 Å². The van der Waals surface area contributed by atoms with Gasteiger partial charge in [-0.1, -0.05) is 18.2 Å². The van der Waals surface area contributed by atoms with Crippen molar-refractivity contribution in [3.8, 4) is 0 Å². The van der Waals surface area contributed by atoms with Crippen molar-refractivity contribution in [3.05, 3.63) is 35.5 Å². The largest absolute Gasteiger partial charge is 0.463 e. The molecule has 170 valence electrons. The Labute approximate surface area is 185 Å². The Hall–Kier alpha value is -1.89. The Morgan fingerprint density at radius 3 is 2.81 bits per heavy atom. The molecule has 1 saturated heterocycles. The third-order valence-corrected chi connectivity index (χ3v) is 7.11. The summed E-state index contributed by atoms with van der Waals surface area (Å²) < 4.78 is 15.7. The van der Waals surface area contributed by atoms with Crippen molar-refractivity contribution in [3.63, 3.8) is 0 Å². The molecule has 0 spiro atoms. The molecular weight excluding hydrogens is 392 g/mol. The van der Waals surface area contributed by atoms with Crippen molar-refractivity contribution < 1.29 is 19.0 Å². The number of hydrogen-bond donors (Lipinski definition) is 1. The number of hydrogen-bond acceptors (Lipinski definition) is 5. The number of esters is 1. The highest BCUT2D eigenvalue weighted by molar-refractivity contribution is 5.84. The molecule has 1 aromatic heterocycles. The molecule has 31 heavy (non-hydrogen) atoms. The van der Waals surface area contributed by atoms with Crippen LogP contribution in [0.1, 0.15) is 36.9 Å². The second-order valence-corrected chi connectivity index (χ2v) is 9.04. The number of benzene rings is 1. The van der Waals surface area contributed by atoms with Gasteiger partial charge < -0.3 is 19.2 Å². The van der Waals surface area contributed by atoms with E-state index in [4.69, 9.17) is 14.2 Å². The summed E-state index contributed by atoms with van der Waals surface area (Å²) in [6.07, 6.45) is 5.77. The number of nitrogens with zero attached hydrogens (tertiary/aromatic N) is 1. The normalized spacial score (nSPS) is 23.9. The predicted molar refractivity (Wildman–Crippen MR) is 121 cm³/mol. The molecule has 0 radical (unpaired) electrons. The number of fused-ring (bicyclic) bond motifs is 4. The van der Waals surface area contributed by atoms with Gasteiger partial charge in [-0.05, 0) is 49.1 Å². The standard InChI is InChI=1S/C25H36N2O4/c1-29-12-10-19-15-18(7-8-25(28)31-14-13-30-2)17-27-11-9-21-20-5-3-4-6-22(20)26-23(21)16-24(19)27/h3-6,18-19,24,26H,7-17H2,1-2H3/t18-,19?,24?/m1/s1. The van der Waals surface area contributed by atoms with Gasteiger partial charge in [0.1, 0.15) is 6.61 Å². The molecule has 1 aromatic carbocycles. The van der Waals surface area contributed by atoms with E-state index >= 15 is 0 Å². The second-order valence-electron chi connectivity index (χ2n) is 9.04. The minimum absolute atomic E-state index is 0.107. The van der Waals surface area contributed by atoms with E-state index in [9.17, 15) is 4.79 Å². The zero-order valence-electron chi connectivity index (χ0n) is 18.9. The van der Waals surface area contributed by atoms with Gasteiger partial charge in [-0.2, -0.15) is 0 Å². The van der Waals surface area contributed by atoms with Gasteiger partial charge in [0.2, 0.25) is 0 Å². The zero-order valence-corrected chi connectivity index (χ0v) is 18.9. The summed E-state index contributed by atoms with van der Waals surface area (Å²) in [5.74, 6) is 1.01. The molecule has 0 amide bonds. The van der Waals surface area contributed by atoms with Gasteiger partial charge in [0.05, 0.1) is 6.61 Å². The Bertz CT molecular complexity index is 864. The molecule has 3 atom stereocenters. The van der Waals surface area contributed by atoms with Gasteiger partial charge in [-0.25, -0.2) is 0 Å². The molecule has 1 fully saturated rings. The summed E-state index contributed by atoms with van der Waals surface area (Å²) in [4.78, 5) is 18.5. The minimum atomic E-state index is -0.107. The van der Waals surface area contributed by atoms with E-state index in [1.807, 2.05) is 0 Å². The molecule has 2 aliphatic heterocycles. The Morgan fingerprint density at radius 1 is 1.13 bits per heavy atom. The monoisotopic (exact) mass is 428 g/mol. The highest BCUT2D eigenvalue weighted by atomic mass is 16.6. The molecule has 6 heteroatoms. The molecular formula is C25H36N2O4. The average Bonchev–Trinajstić information content (AvgIpc) is 3.02. The van der Waals surface area contributed by atoms with Crippen LogP contribution in [0.4, 0.5) is 0 Å². The van der Waals surface area contributed by atoms with Crippen molar-refractivity contribution in [1.82, 2.24) is 9.88 Å². The van der Waals surface area contributed by atoms with Crippen molar-refractivity contribution in [2.75, 3.05) is 47.1 Å². The number of carbonyl (C=O) groups excluding carboxylic acids is 1. The first kappa shape index (κ1) is 22.3. The summed E-state index contributed by atoms with van der Waals surface area (Å²) in [7, 11) is 3.41. The first-order valence-electron chi connectivity index (χ1n) is 11.7. The lowest BCUT2D eigenvalue weighted by Crippen LogP contribution is -2.50. The molecule has 6 nitrogen and oxygen atoms in total. The van der Waals surface area contributed by atoms with Gasteiger partial charge in [0.25, 0.3) is 0 Å². The van der Waals surface area contributed by atoms with Gasteiger partial charge in [-0.15, -0.1) is 0 Å². The van der Waals surface area contributed by atoms with Crippen LogP contribution in [-0.2, 0) is 31.8 Å². The van der Waals surface area contributed by atoms with E-state index in [0.717, 1.165) is 51.8 Å². The number of methoxy groups -OCH3 is 2. The second kappa shape index (κ2) is 10.6. The molecule has 2 aromatic rings. The van der Waals surface area contributed by atoms with Crippen LogP contribution in [0.2, 0.25) is 0 Å². The van der Waals surface area contributed by atoms with Crippen molar-refractivity contribution in [2.45, 2.75) is 44.6 Å². The molecule has 2 unspecified atom stereocenters. The van der Waals surface area contributed by atoms with E-state index in [0.29, 0.717) is 37.5 Å². The van der Waals surface area contributed by atoms with Crippen molar-refractivity contribution >= 4 is 16.9 Å². The lowest BCUT2D eigenvalue weighted by atomic mass is 9.78. The topological polar surface area (TPSA) is 63.8 Å². The van der Waals surface area contributed by atoms with Crippen LogP contribution in [-0.4, -0.2) is 69.0 Å². The fraction of sp³-hybridized carbons (Fsp3) is 0.640. The SMILES string of the molecule is COCCOC(=O)CC[C@@H]1CC(CCOC)C2Cc3[nH]c4ccccc4c3CCN2C1. The number of carbonyl (C=O) groups is 1. The summed E-state index contributed by atoms with van der Waals surface area (Å²) in [6, 6.07) is 9.21. The predicted octanol–water partition coefficient (Wildman–Crippen LogP) is 3.58. The number of piperidine rings is 1. The van der Waals surface area contributed by atoms with Gasteiger partial charge >= 0.3 is 5.97 Å². The smallest absolute Gasteiger partial charge is 0.305 e. The number of ether oxygens (including phenoxy) is 3. The zero-order chi connectivity index (χ0) is 21.6. The van der Waals surface area contributed by atoms with Crippen LogP contribution in [0.25, 0.3) is 10.9 Å². The maximum absolute atomic E-state index is 12.1. The summed E-state index contributed by atoms with van der Waals surface area (Å²) in [6.45, 7) is 3.74. The van der Waals surface area contributed by atoms with Crippen LogP contribution in [0.15, 0.2) is 24.3 Å². The van der Waals surface area contributed by atoms with Gasteiger partial charge in [-0.3, -0.25) is 9.69 Å². The molecule has 3 heterocycles. The van der Waals surface area contributed by atoms with Gasteiger partial charge in [0, 0.05) is 69.4 Å². The molecule has 0 bridgehead atoms. The summed E-state index contributed by atoms with van der Waals surface area (Å²) >= 11 is 0. The summed E-state index contributed by atoms with van der Waals surface area (Å²) in [5, 5.41) is 1.38.